The molecule has 0 spiro atoms. The molecule has 1 saturated heterocycles. The normalized spacial score (nSPS) is 30.4. The van der Waals surface area contributed by atoms with E-state index >= 15 is 0 Å². The molecule has 2 atom stereocenters. The molecule has 2 heterocycles. The highest BCUT2D eigenvalue weighted by Gasteiger charge is 2.45. The van der Waals surface area contributed by atoms with Crippen LogP contribution in [0.4, 0.5) is 4.79 Å². The monoisotopic (exact) mass is 250 g/mol. The molecule has 0 bridgehead atoms. The minimum absolute atomic E-state index is 0.0796. The van der Waals surface area contributed by atoms with Crippen molar-refractivity contribution in [2.75, 3.05) is 0 Å². The third kappa shape index (κ3) is 1.55. The van der Waals surface area contributed by atoms with Gasteiger partial charge < -0.3 is 10.1 Å². The summed E-state index contributed by atoms with van der Waals surface area (Å²) in [6, 6.07) is -1.68. The number of ether oxygens (including phenoxy) is 1. The second kappa shape index (κ2) is 3.39. The number of halogens is 2. The predicted molar refractivity (Wildman–Crippen MR) is 49.1 cm³/mol. The van der Waals surface area contributed by atoms with Crippen LogP contribution in [0.5, 0.6) is 0 Å². The van der Waals surface area contributed by atoms with E-state index in [9.17, 15) is 14.4 Å². The quantitative estimate of drug-likeness (QED) is 0.499. The van der Waals surface area contributed by atoms with E-state index in [2.05, 4.69) is 5.32 Å². The fourth-order valence-corrected chi connectivity index (χ4v) is 1.70. The van der Waals surface area contributed by atoms with Crippen LogP contribution in [0.2, 0.25) is 0 Å². The molecule has 2 unspecified atom stereocenters. The number of imide groups is 1. The molecule has 2 aliphatic heterocycles. The molecule has 0 aromatic rings. The Morgan fingerprint density at radius 1 is 1.20 bits per heavy atom. The SMILES string of the molecule is O=C1NC(=O)C(C2OC(=O)C(Cl)=C2Cl)N1. The summed E-state index contributed by atoms with van der Waals surface area (Å²) in [5.41, 5.74) is 0. The lowest BCUT2D eigenvalue weighted by molar-refractivity contribution is -0.141. The van der Waals surface area contributed by atoms with Crippen LogP contribution in [0.25, 0.3) is 0 Å². The standard InChI is InChI=1S/C7H4Cl2N2O4/c8-1-2(9)6(13)15-4(1)3-5(12)11-7(14)10-3/h3-4H,(H2,10,11,12,14). The Kier molecular flexibility index (Phi) is 2.32. The summed E-state index contributed by atoms with van der Waals surface area (Å²) in [7, 11) is 0. The van der Waals surface area contributed by atoms with Crippen LogP contribution in [0, 0.1) is 0 Å². The number of cyclic esters (lactones) is 1. The molecule has 80 valence electrons. The maximum Gasteiger partial charge on any atom is 0.351 e. The average Bonchev–Trinajstić information content (AvgIpc) is 2.61. The van der Waals surface area contributed by atoms with Gasteiger partial charge in [0.15, 0.2) is 12.1 Å². The summed E-state index contributed by atoms with van der Waals surface area (Å²) >= 11 is 11.2. The zero-order valence-electron chi connectivity index (χ0n) is 7.04. The lowest BCUT2D eigenvalue weighted by atomic mass is 10.1. The second-order valence-electron chi connectivity index (χ2n) is 2.93. The number of urea groups is 1. The molecule has 0 saturated carbocycles. The predicted octanol–water partition coefficient (Wildman–Crippen LogP) is -0.191. The van der Waals surface area contributed by atoms with E-state index in [1.807, 2.05) is 5.32 Å². The van der Waals surface area contributed by atoms with Gasteiger partial charge in [-0.3, -0.25) is 10.1 Å². The number of carbonyl (C=O) groups excluding carboxylic acids is 3. The largest absolute Gasteiger partial charge is 0.449 e. The molecule has 3 amide bonds. The van der Waals surface area contributed by atoms with Gasteiger partial charge in [0.2, 0.25) is 0 Å². The van der Waals surface area contributed by atoms with Gasteiger partial charge in [-0.25, -0.2) is 9.59 Å². The van der Waals surface area contributed by atoms with E-state index in [-0.39, 0.29) is 10.1 Å². The Balaban J connectivity index is 2.24. The fraction of sp³-hybridized carbons (Fsp3) is 0.286. The van der Waals surface area contributed by atoms with Crippen molar-refractivity contribution in [3.05, 3.63) is 10.1 Å². The van der Waals surface area contributed by atoms with E-state index < -0.39 is 30.1 Å². The number of carbonyl (C=O) groups is 3. The molecule has 2 N–H and O–H groups in total. The van der Waals surface area contributed by atoms with E-state index in [0.29, 0.717) is 0 Å². The minimum atomic E-state index is -1.04. The van der Waals surface area contributed by atoms with Gasteiger partial charge in [0.05, 0.1) is 5.03 Å². The van der Waals surface area contributed by atoms with Gasteiger partial charge in [0.25, 0.3) is 5.91 Å². The highest BCUT2D eigenvalue weighted by atomic mass is 35.5. The van der Waals surface area contributed by atoms with Gasteiger partial charge in [-0.05, 0) is 0 Å². The maximum absolute atomic E-state index is 11.2. The lowest BCUT2D eigenvalue weighted by Gasteiger charge is -2.14. The Bertz CT molecular complexity index is 406. The average molecular weight is 251 g/mol. The number of hydrogen-bond donors (Lipinski definition) is 2. The first kappa shape index (κ1) is 10.3. The van der Waals surface area contributed by atoms with Crippen molar-refractivity contribution in [2.45, 2.75) is 12.1 Å². The molecule has 1 fully saturated rings. The van der Waals surface area contributed by atoms with Gasteiger partial charge in [-0.2, -0.15) is 0 Å². The lowest BCUT2D eigenvalue weighted by Crippen LogP contribution is -2.41. The molecule has 0 radical (unpaired) electrons. The summed E-state index contributed by atoms with van der Waals surface area (Å²) in [5, 5.41) is 3.90. The first-order valence-corrected chi connectivity index (χ1v) is 4.64. The first-order chi connectivity index (χ1) is 7.00. The molecule has 0 aromatic heterocycles. The first-order valence-electron chi connectivity index (χ1n) is 3.88. The van der Waals surface area contributed by atoms with E-state index in [4.69, 9.17) is 27.9 Å². The minimum Gasteiger partial charge on any atom is -0.449 e. The van der Waals surface area contributed by atoms with Crippen molar-refractivity contribution in [2.24, 2.45) is 0 Å². The van der Waals surface area contributed by atoms with Gasteiger partial charge in [-0.1, -0.05) is 23.2 Å². The molecular weight excluding hydrogens is 247 g/mol. The van der Waals surface area contributed by atoms with Gasteiger partial charge in [0.1, 0.15) is 5.03 Å². The topological polar surface area (TPSA) is 84.5 Å². The summed E-state index contributed by atoms with van der Waals surface area (Å²) in [4.78, 5) is 33.0. The van der Waals surface area contributed by atoms with E-state index in [1.165, 1.54) is 0 Å². The molecule has 15 heavy (non-hydrogen) atoms. The van der Waals surface area contributed by atoms with Crippen LogP contribution < -0.4 is 10.6 Å². The van der Waals surface area contributed by atoms with Crippen LogP contribution in [0.1, 0.15) is 0 Å². The summed E-state index contributed by atoms with van der Waals surface area (Å²) in [6.07, 6.45) is -1.04. The zero-order chi connectivity index (χ0) is 11.2. The summed E-state index contributed by atoms with van der Waals surface area (Å²) in [5.74, 6) is -1.41. The zero-order valence-corrected chi connectivity index (χ0v) is 8.56. The molecule has 6 nitrogen and oxygen atoms in total. The van der Waals surface area contributed by atoms with Crippen LogP contribution in [0.15, 0.2) is 10.1 Å². The molecule has 0 aromatic carbocycles. The highest BCUT2D eigenvalue weighted by Crippen LogP contribution is 2.31. The smallest absolute Gasteiger partial charge is 0.351 e. The third-order valence-electron chi connectivity index (χ3n) is 1.98. The number of rotatable bonds is 1. The van der Waals surface area contributed by atoms with Crippen molar-refractivity contribution in [3.8, 4) is 0 Å². The molecule has 2 aliphatic rings. The summed E-state index contributed by atoms with van der Waals surface area (Å²) in [6.45, 7) is 0. The van der Waals surface area contributed by atoms with Crippen LogP contribution in [-0.2, 0) is 14.3 Å². The number of nitrogens with one attached hydrogen (secondary N) is 2. The maximum atomic E-state index is 11.2. The Labute approximate surface area is 93.5 Å². The fourth-order valence-electron chi connectivity index (χ4n) is 1.30. The van der Waals surface area contributed by atoms with Crippen LogP contribution in [-0.4, -0.2) is 30.1 Å². The molecule has 8 heteroatoms. The van der Waals surface area contributed by atoms with E-state index in [1.54, 1.807) is 0 Å². The Morgan fingerprint density at radius 2 is 1.87 bits per heavy atom. The van der Waals surface area contributed by atoms with E-state index in [0.717, 1.165) is 0 Å². The van der Waals surface area contributed by atoms with Crippen molar-refractivity contribution in [1.82, 2.24) is 10.6 Å². The van der Waals surface area contributed by atoms with Crippen LogP contribution in [0.3, 0.4) is 0 Å². The third-order valence-corrected chi connectivity index (χ3v) is 2.84. The van der Waals surface area contributed by atoms with Crippen molar-refractivity contribution >= 4 is 41.1 Å². The Hall–Kier alpha value is -1.27. The van der Waals surface area contributed by atoms with Crippen molar-refractivity contribution in [3.63, 3.8) is 0 Å². The number of esters is 1. The molecule has 0 aliphatic carbocycles. The highest BCUT2D eigenvalue weighted by molar-refractivity contribution is 6.48. The van der Waals surface area contributed by atoms with Gasteiger partial charge in [0, 0.05) is 0 Å². The molecular formula is C7H4Cl2N2O4. The second-order valence-corrected chi connectivity index (χ2v) is 3.71. The summed E-state index contributed by atoms with van der Waals surface area (Å²) < 4.78 is 4.74. The Morgan fingerprint density at radius 3 is 2.27 bits per heavy atom. The number of amides is 3. The van der Waals surface area contributed by atoms with Crippen LogP contribution >= 0.6 is 23.2 Å². The van der Waals surface area contributed by atoms with Crippen molar-refractivity contribution < 1.29 is 19.1 Å². The number of hydrogen-bond acceptors (Lipinski definition) is 4. The van der Waals surface area contributed by atoms with Gasteiger partial charge in [-0.15, -0.1) is 0 Å². The van der Waals surface area contributed by atoms with Gasteiger partial charge >= 0.3 is 12.0 Å². The van der Waals surface area contributed by atoms with Crippen molar-refractivity contribution in [1.29, 1.82) is 0 Å². The molecule has 2 rings (SSSR count).